The van der Waals surface area contributed by atoms with Gasteiger partial charge in [0, 0.05) is 5.82 Å². The molecule has 0 amide bonds. The predicted molar refractivity (Wildman–Crippen MR) is 74.7 cm³/mol. The van der Waals surface area contributed by atoms with Crippen LogP contribution in [0.25, 0.3) is 0 Å². The van der Waals surface area contributed by atoms with Crippen molar-refractivity contribution < 1.29 is 27.0 Å². The maximum Gasteiger partial charge on any atom is 0.348 e. The van der Waals surface area contributed by atoms with Crippen molar-refractivity contribution in [3.05, 3.63) is 41.7 Å². The SMILES string of the molecule is Cc1ccc(S(=O)(=O)OCCCC=CP(=O)(O)O)cc1. The van der Waals surface area contributed by atoms with Gasteiger partial charge in [-0.2, -0.15) is 8.42 Å². The molecular weight excluding hydrogens is 303 g/mol. The minimum atomic E-state index is -4.14. The Labute approximate surface area is 118 Å². The summed E-state index contributed by atoms with van der Waals surface area (Å²) in [6.45, 7) is 1.81. The van der Waals surface area contributed by atoms with E-state index in [-0.39, 0.29) is 11.5 Å². The summed E-state index contributed by atoms with van der Waals surface area (Å²) in [5.41, 5.74) is 0.950. The molecule has 8 heteroatoms. The molecule has 0 radical (unpaired) electrons. The number of hydrogen-bond donors (Lipinski definition) is 2. The first kappa shape index (κ1) is 17.1. The maximum atomic E-state index is 11.8. The lowest BCUT2D eigenvalue weighted by Crippen LogP contribution is -2.07. The van der Waals surface area contributed by atoms with Crippen LogP contribution in [0.5, 0.6) is 0 Å². The molecule has 2 N–H and O–H groups in total. The molecule has 1 aromatic carbocycles. The van der Waals surface area contributed by atoms with E-state index in [0.717, 1.165) is 11.4 Å². The first-order chi connectivity index (χ1) is 9.21. The second-order valence-electron chi connectivity index (χ2n) is 4.21. The topological polar surface area (TPSA) is 101 Å². The van der Waals surface area contributed by atoms with Crippen LogP contribution in [0.1, 0.15) is 18.4 Å². The predicted octanol–water partition coefficient (Wildman–Crippen LogP) is 2.17. The fraction of sp³-hybridized carbons (Fsp3) is 0.333. The molecule has 0 saturated carbocycles. The molecule has 0 bridgehead atoms. The Morgan fingerprint density at radius 3 is 2.40 bits per heavy atom. The van der Waals surface area contributed by atoms with Gasteiger partial charge in [-0.1, -0.05) is 23.8 Å². The summed E-state index contributed by atoms with van der Waals surface area (Å²) in [5.74, 6) is 0.793. The molecule has 20 heavy (non-hydrogen) atoms. The molecule has 0 atom stereocenters. The van der Waals surface area contributed by atoms with E-state index in [0.29, 0.717) is 12.8 Å². The van der Waals surface area contributed by atoms with Crippen LogP contribution in [0, 0.1) is 6.92 Å². The van der Waals surface area contributed by atoms with Gasteiger partial charge in [0.25, 0.3) is 10.1 Å². The fourth-order valence-electron chi connectivity index (χ4n) is 1.35. The van der Waals surface area contributed by atoms with Crippen molar-refractivity contribution in [1.29, 1.82) is 0 Å². The highest BCUT2D eigenvalue weighted by Crippen LogP contribution is 2.36. The third kappa shape index (κ3) is 6.45. The monoisotopic (exact) mass is 320 g/mol. The van der Waals surface area contributed by atoms with Crippen LogP contribution in [0.3, 0.4) is 0 Å². The average Bonchev–Trinajstić information content (AvgIpc) is 2.33. The van der Waals surface area contributed by atoms with E-state index in [9.17, 15) is 13.0 Å². The van der Waals surface area contributed by atoms with E-state index in [1.807, 2.05) is 6.92 Å². The first-order valence-corrected chi connectivity index (χ1v) is 8.99. The summed E-state index contributed by atoms with van der Waals surface area (Å²) in [7, 11) is -7.91. The van der Waals surface area contributed by atoms with E-state index in [1.54, 1.807) is 12.1 Å². The molecule has 0 aliphatic rings. The Hall–Kier alpha value is -0.980. The van der Waals surface area contributed by atoms with Crippen LogP contribution in [0.4, 0.5) is 0 Å². The van der Waals surface area contributed by atoms with Gasteiger partial charge >= 0.3 is 7.60 Å². The van der Waals surface area contributed by atoms with Crippen molar-refractivity contribution in [3.8, 4) is 0 Å². The first-order valence-electron chi connectivity index (χ1n) is 5.90. The highest BCUT2D eigenvalue weighted by atomic mass is 32.2. The Balaban J connectivity index is 2.43. The van der Waals surface area contributed by atoms with E-state index < -0.39 is 17.7 Å². The zero-order valence-corrected chi connectivity index (χ0v) is 12.7. The Morgan fingerprint density at radius 1 is 1.25 bits per heavy atom. The summed E-state index contributed by atoms with van der Waals surface area (Å²) in [6, 6.07) is 6.30. The van der Waals surface area contributed by atoms with Crippen molar-refractivity contribution in [3.63, 3.8) is 0 Å². The van der Waals surface area contributed by atoms with Crippen molar-refractivity contribution in [1.82, 2.24) is 0 Å². The standard InChI is InChI=1S/C12H17O6PS/c1-11-5-7-12(8-6-11)20(16,17)18-9-3-2-4-10-19(13,14)15/h4-8,10H,2-3,9H2,1H3,(H2,13,14,15). The molecule has 0 unspecified atom stereocenters. The van der Waals surface area contributed by atoms with Gasteiger partial charge in [-0.3, -0.25) is 8.75 Å². The molecule has 1 rings (SSSR count). The summed E-state index contributed by atoms with van der Waals surface area (Å²) in [6.07, 6.45) is 1.98. The molecule has 0 spiro atoms. The van der Waals surface area contributed by atoms with Gasteiger partial charge in [0.15, 0.2) is 0 Å². The number of allylic oxidation sites excluding steroid dienone is 1. The van der Waals surface area contributed by atoms with Crippen LogP contribution < -0.4 is 0 Å². The van der Waals surface area contributed by atoms with Gasteiger partial charge in [-0.25, -0.2) is 0 Å². The molecule has 112 valence electrons. The van der Waals surface area contributed by atoms with Crippen molar-refractivity contribution >= 4 is 17.7 Å². The normalized spacial score (nSPS) is 12.9. The minimum Gasteiger partial charge on any atom is -0.321 e. The lowest BCUT2D eigenvalue weighted by Gasteiger charge is -2.05. The number of hydrogen-bond acceptors (Lipinski definition) is 4. The largest absolute Gasteiger partial charge is 0.348 e. The molecule has 6 nitrogen and oxygen atoms in total. The molecule has 0 fully saturated rings. The molecule has 0 saturated heterocycles. The van der Waals surface area contributed by atoms with Gasteiger partial charge < -0.3 is 9.79 Å². The summed E-state index contributed by atoms with van der Waals surface area (Å²) < 4.78 is 38.9. The lowest BCUT2D eigenvalue weighted by atomic mass is 10.2. The second kappa shape index (κ2) is 7.15. The van der Waals surface area contributed by atoms with E-state index in [1.165, 1.54) is 18.2 Å². The van der Waals surface area contributed by atoms with Crippen molar-refractivity contribution in [2.75, 3.05) is 6.61 Å². The van der Waals surface area contributed by atoms with Gasteiger partial charge in [0.1, 0.15) is 0 Å². The van der Waals surface area contributed by atoms with E-state index >= 15 is 0 Å². The van der Waals surface area contributed by atoms with Gasteiger partial charge in [-0.15, -0.1) is 0 Å². The lowest BCUT2D eigenvalue weighted by molar-refractivity contribution is 0.313. The smallest absolute Gasteiger partial charge is 0.321 e. The quantitative estimate of drug-likeness (QED) is 0.453. The van der Waals surface area contributed by atoms with Gasteiger partial charge in [0.05, 0.1) is 11.5 Å². The number of unbranched alkanes of at least 4 members (excludes halogenated alkanes) is 1. The van der Waals surface area contributed by atoms with Crippen LogP contribution >= 0.6 is 7.60 Å². The number of benzene rings is 1. The number of aryl methyl sites for hydroxylation is 1. The van der Waals surface area contributed by atoms with Crippen LogP contribution in [0.2, 0.25) is 0 Å². The molecule has 0 aromatic heterocycles. The average molecular weight is 320 g/mol. The molecule has 1 aromatic rings. The Morgan fingerprint density at radius 2 is 1.85 bits per heavy atom. The number of rotatable bonds is 7. The summed E-state index contributed by atoms with van der Waals surface area (Å²) in [5, 5.41) is 0. The zero-order chi connectivity index (χ0) is 15.2. The fourth-order valence-corrected chi connectivity index (χ4v) is 2.72. The molecule has 0 heterocycles. The van der Waals surface area contributed by atoms with Crippen molar-refractivity contribution in [2.45, 2.75) is 24.7 Å². The van der Waals surface area contributed by atoms with Gasteiger partial charge in [0.2, 0.25) is 0 Å². The summed E-state index contributed by atoms with van der Waals surface area (Å²) >= 11 is 0. The third-order valence-corrected chi connectivity index (χ3v) is 4.29. The highest BCUT2D eigenvalue weighted by molar-refractivity contribution is 7.86. The van der Waals surface area contributed by atoms with E-state index in [4.69, 9.17) is 14.0 Å². The Kier molecular flexibility index (Phi) is 6.10. The highest BCUT2D eigenvalue weighted by Gasteiger charge is 2.14. The summed E-state index contributed by atoms with van der Waals surface area (Å²) in [4.78, 5) is 17.2. The van der Waals surface area contributed by atoms with Crippen LogP contribution in [-0.2, 0) is 18.9 Å². The van der Waals surface area contributed by atoms with Crippen LogP contribution in [0.15, 0.2) is 41.1 Å². The van der Waals surface area contributed by atoms with Crippen molar-refractivity contribution in [2.24, 2.45) is 0 Å². The van der Waals surface area contributed by atoms with E-state index in [2.05, 4.69) is 0 Å². The zero-order valence-electron chi connectivity index (χ0n) is 11.0. The van der Waals surface area contributed by atoms with Gasteiger partial charge in [-0.05, 0) is 31.9 Å². The third-order valence-electron chi connectivity index (χ3n) is 2.36. The second-order valence-corrected chi connectivity index (χ2v) is 7.30. The maximum absolute atomic E-state index is 11.8. The molecule has 0 aliphatic heterocycles. The Bertz CT molecular complexity index is 599. The van der Waals surface area contributed by atoms with Crippen LogP contribution in [-0.4, -0.2) is 24.8 Å². The minimum absolute atomic E-state index is 0.0400. The molecular formula is C12H17O6PS. The molecule has 0 aliphatic carbocycles.